The van der Waals surface area contributed by atoms with Crippen molar-refractivity contribution in [1.82, 2.24) is 0 Å². The van der Waals surface area contributed by atoms with E-state index in [1.54, 1.807) is 6.07 Å². The molecule has 0 aliphatic carbocycles. The quantitative estimate of drug-likeness (QED) is 0.512. The summed E-state index contributed by atoms with van der Waals surface area (Å²) in [5, 5.41) is 19.9. The average molecular weight is 365 g/mol. The molecule has 0 spiro atoms. The zero-order valence-electron chi connectivity index (χ0n) is 15.3. The lowest BCUT2D eigenvalue weighted by Crippen LogP contribution is -2.34. The molecule has 0 aliphatic heterocycles. The van der Waals surface area contributed by atoms with Crippen LogP contribution < -0.4 is 10.4 Å². The van der Waals surface area contributed by atoms with Gasteiger partial charge in [0.05, 0.1) is 5.69 Å². The molecule has 0 saturated heterocycles. The van der Waals surface area contributed by atoms with Gasteiger partial charge in [-0.15, -0.1) is 0 Å². The highest BCUT2D eigenvalue weighted by atomic mass is 16.4. The first-order chi connectivity index (χ1) is 13.8. The second-order valence-electron chi connectivity index (χ2n) is 6.49. The Kier molecular flexibility index (Phi) is 5.24. The van der Waals surface area contributed by atoms with Gasteiger partial charge in [0.25, 0.3) is 0 Å². The second kappa shape index (κ2) is 8.13. The molecule has 0 atom stereocenters. The molecule has 4 heteroatoms. The predicted octanol–water partition coefficient (Wildman–Crippen LogP) is 4.50. The van der Waals surface area contributed by atoms with Crippen LogP contribution in [0, 0.1) is 0 Å². The summed E-state index contributed by atoms with van der Waals surface area (Å²) in [5.74, 6) is 0. The zero-order valence-corrected chi connectivity index (χ0v) is 15.3. The van der Waals surface area contributed by atoms with Gasteiger partial charge in [-0.25, -0.2) is 0 Å². The molecule has 4 aromatic rings. The normalized spacial score (nSPS) is 10.5. The molecule has 0 saturated carbocycles. The van der Waals surface area contributed by atoms with Crippen LogP contribution in [-0.4, -0.2) is 17.2 Å². The van der Waals surface area contributed by atoms with E-state index in [0.29, 0.717) is 5.46 Å². The van der Waals surface area contributed by atoms with Crippen LogP contribution in [0.25, 0.3) is 11.1 Å². The number of hydrogen-bond acceptors (Lipinski definition) is 3. The van der Waals surface area contributed by atoms with E-state index in [0.717, 1.165) is 28.2 Å². The lowest BCUT2D eigenvalue weighted by atomic mass is 9.78. The molecule has 28 heavy (non-hydrogen) atoms. The highest BCUT2D eigenvalue weighted by Crippen LogP contribution is 2.39. The van der Waals surface area contributed by atoms with Crippen molar-refractivity contribution in [2.45, 2.75) is 0 Å². The predicted molar refractivity (Wildman–Crippen MR) is 116 cm³/mol. The molecule has 0 fully saturated rings. The summed E-state index contributed by atoms with van der Waals surface area (Å²) in [4.78, 5) is 2.07. The van der Waals surface area contributed by atoms with Gasteiger partial charge in [0, 0.05) is 22.4 Å². The van der Waals surface area contributed by atoms with Crippen LogP contribution in [0.15, 0.2) is 109 Å². The molecular formula is C24H20BNO2. The Balaban J connectivity index is 1.98. The van der Waals surface area contributed by atoms with E-state index in [1.807, 2.05) is 78.9 Å². The highest BCUT2D eigenvalue weighted by Gasteiger charge is 2.23. The molecule has 0 unspecified atom stereocenters. The third-order valence-corrected chi connectivity index (χ3v) is 4.70. The number of anilines is 3. The summed E-state index contributed by atoms with van der Waals surface area (Å²) < 4.78 is 0. The molecule has 0 aliphatic rings. The van der Waals surface area contributed by atoms with Crippen molar-refractivity contribution in [2.75, 3.05) is 4.90 Å². The molecule has 136 valence electrons. The zero-order chi connectivity index (χ0) is 19.3. The van der Waals surface area contributed by atoms with Crippen molar-refractivity contribution in [3.05, 3.63) is 109 Å². The first-order valence-electron chi connectivity index (χ1n) is 9.20. The van der Waals surface area contributed by atoms with Crippen LogP contribution in [0.2, 0.25) is 0 Å². The van der Waals surface area contributed by atoms with E-state index in [2.05, 4.69) is 29.2 Å². The van der Waals surface area contributed by atoms with Crippen molar-refractivity contribution >= 4 is 29.6 Å². The fourth-order valence-corrected chi connectivity index (χ4v) is 3.42. The minimum absolute atomic E-state index is 0.453. The van der Waals surface area contributed by atoms with Crippen LogP contribution in [0.4, 0.5) is 17.1 Å². The van der Waals surface area contributed by atoms with Gasteiger partial charge >= 0.3 is 7.12 Å². The number of hydrogen-bond donors (Lipinski definition) is 2. The van der Waals surface area contributed by atoms with Gasteiger partial charge in [-0.3, -0.25) is 0 Å². The molecular weight excluding hydrogens is 345 g/mol. The Labute approximate surface area is 165 Å². The molecule has 0 amide bonds. The van der Waals surface area contributed by atoms with Gasteiger partial charge in [-0.1, -0.05) is 84.9 Å². The maximum absolute atomic E-state index is 9.96. The Morgan fingerprint density at radius 1 is 0.536 bits per heavy atom. The van der Waals surface area contributed by atoms with E-state index in [9.17, 15) is 10.0 Å². The molecule has 3 nitrogen and oxygen atoms in total. The first-order valence-corrected chi connectivity index (χ1v) is 9.20. The van der Waals surface area contributed by atoms with Crippen LogP contribution in [0.1, 0.15) is 0 Å². The highest BCUT2D eigenvalue weighted by molar-refractivity contribution is 6.60. The van der Waals surface area contributed by atoms with E-state index in [4.69, 9.17) is 0 Å². The Bertz CT molecular complexity index is 1050. The topological polar surface area (TPSA) is 43.7 Å². The molecule has 0 bridgehead atoms. The van der Waals surface area contributed by atoms with E-state index in [1.165, 1.54) is 0 Å². The van der Waals surface area contributed by atoms with Crippen LogP contribution in [0.3, 0.4) is 0 Å². The molecule has 0 radical (unpaired) electrons. The van der Waals surface area contributed by atoms with Gasteiger partial charge in [0.2, 0.25) is 0 Å². The molecule has 4 rings (SSSR count). The van der Waals surface area contributed by atoms with Gasteiger partial charge in [-0.05, 0) is 29.8 Å². The van der Waals surface area contributed by atoms with Crippen LogP contribution >= 0.6 is 0 Å². The van der Waals surface area contributed by atoms with Gasteiger partial charge in [0.1, 0.15) is 0 Å². The minimum atomic E-state index is -1.56. The van der Waals surface area contributed by atoms with Crippen molar-refractivity contribution in [1.29, 1.82) is 0 Å². The van der Waals surface area contributed by atoms with Crippen molar-refractivity contribution < 1.29 is 10.0 Å². The maximum atomic E-state index is 9.96. The third kappa shape index (κ3) is 3.56. The standard InChI is InChI=1S/C24H20BNO2/c27-25(28)22-16-8-10-18-24(22)26(20-13-5-2-6-14-20)23-17-9-7-15-21(23)19-11-3-1-4-12-19/h1-18,27-28H. The largest absolute Gasteiger partial charge is 0.490 e. The lowest BCUT2D eigenvalue weighted by molar-refractivity contribution is 0.426. The summed E-state index contributed by atoms with van der Waals surface area (Å²) in [7, 11) is -1.56. The Morgan fingerprint density at radius 3 is 1.75 bits per heavy atom. The number of benzene rings is 4. The number of para-hydroxylation sites is 3. The summed E-state index contributed by atoms with van der Waals surface area (Å²) in [6.07, 6.45) is 0. The third-order valence-electron chi connectivity index (χ3n) is 4.70. The summed E-state index contributed by atoms with van der Waals surface area (Å²) in [6.45, 7) is 0. The number of nitrogens with zero attached hydrogens (tertiary/aromatic N) is 1. The van der Waals surface area contributed by atoms with Crippen molar-refractivity contribution in [2.24, 2.45) is 0 Å². The fourth-order valence-electron chi connectivity index (χ4n) is 3.42. The average Bonchev–Trinajstić information content (AvgIpc) is 2.76. The minimum Gasteiger partial charge on any atom is -0.423 e. The smallest absolute Gasteiger partial charge is 0.423 e. The van der Waals surface area contributed by atoms with E-state index >= 15 is 0 Å². The maximum Gasteiger partial charge on any atom is 0.490 e. The van der Waals surface area contributed by atoms with E-state index < -0.39 is 7.12 Å². The summed E-state index contributed by atoms with van der Waals surface area (Å²) in [5.41, 5.74) is 5.25. The van der Waals surface area contributed by atoms with E-state index in [-0.39, 0.29) is 0 Å². The number of rotatable bonds is 5. The van der Waals surface area contributed by atoms with Gasteiger partial charge in [0.15, 0.2) is 0 Å². The lowest BCUT2D eigenvalue weighted by Gasteiger charge is -2.29. The fraction of sp³-hybridized carbons (Fsp3) is 0. The molecule has 0 heterocycles. The van der Waals surface area contributed by atoms with Crippen molar-refractivity contribution in [3.63, 3.8) is 0 Å². The summed E-state index contributed by atoms with van der Waals surface area (Å²) >= 11 is 0. The van der Waals surface area contributed by atoms with Gasteiger partial charge < -0.3 is 14.9 Å². The Morgan fingerprint density at radius 2 is 1.07 bits per heavy atom. The van der Waals surface area contributed by atoms with Gasteiger partial charge in [-0.2, -0.15) is 0 Å². The monoisotopic (exact) mass is 365 g/mol. The molecule has 4 aromatic carbocycles. The first kappa shape index (κ1) is 18.0. The molecule has 2 N–H and O–H groups in total. The second-order valence-corrected chi connectivity index (χ2v) is 6.49. The SMILES string of the molecule is OB(O)c1ccccc1N(c1ccccc1)c1ccccc1-c1ccccc1. The van der Waals surface area contributed by atoms with Crippen molar-refractivity contribution in [3.8, 4) is 11.1 Å². The Hall–Kier alpha value is -3.34. The van der Waals surface area contributed by atoms with Crippen LogP contribution in [0.5, 0.6) is 0 Å². The molecule has 0 aromatic heterocycles. The summed E-state index contributed by atoms with van der Waals surface area (Å²) in [6, 6.07) is 35.7. The van der Waals surface area contributed by atoms with Crippen LogP contribution in [-0.2, 0) is 0 Å².